The number of nitrogens with one attached hydrogen (secondary N) is 1. The second-order valence-corrected chi connectivity index (χ2v) is 4.16. The van der Waals surface area contributed by atoms with Gasteiger partial charge in [-0.15, -0.1) is 0 Å². The molecule has 0 unspecified atom stereocenters. The summed E-state index contributed by atoms with van der Waals surface area (Å²) < 4.78 is 5.63. The van der Waals surface area contributed by atoms with Crippen molar-refractivity contribution < 1.29 is 9.84 Å². The molecule has 2 aromatic carbocycles. The zero-order valence-corrected chi connectivity index (χ0v) is 9.76. The van der Waals surface area contributed by atoms with Gasteiger partial charge in [-0.2, -0.15) is 0 Å². The van der Waals surface area contributed by atoms with Crippen molar-refractivity contribution in [2.45, 2.75) is 6.61 Å². The summed E-state index contributed by atoms with van der Waals surface area (Å²) in [6, 6.07) is 16.9. The molecular formula is C15H13NO2. The Labute approximate surface area is 105 Å². The summed E-state index contributed by atoms with van der Waals surface area (Å²) in [4.78, 5) is 3.30. The summed E-state index contributed by atoms with van der Waals surface area (Å²) in [5.41, 5.74) is 2.14. The van der Waals surface area contributed by atoms with Crippen LogP contribution >= 0.6 is 0 Å². The number of fused-ring (bicyclic) bond motifs is 1. The smallest absolute Gasteiger partial charge is 0.128 e. The molecule has 0 atom stereocenters. The number of ether oxygens (including phenoxy) is 1. The Morgan fingerprint density at radius 2 is 1.78 bits per heavy atom. The van der Waals surface area contributed by atoms with Crippen molar-refractivity contribution in [1.29, 1.82) is 0 Å². The topological polar surface area (TPSA) is 45.2 Å². The molecule has 18 heavy (non-hydrogen) atoms. The van der Waals surface area contributed by atoms with Gasteiger partial charge in [-0.25, -0.2) is 0 Å². The Hall–Kier alpha value is -2.42. The fraction of sp³-hybridized carbons (Fsp3) is 0.0667. The lowest BCUT2D eigenvalue weighted by atomic mass is 10.2. The standard InChI is InChI=1S/C15H13NO2/c17-13-5-7-14(8-6-13)18-10-12-9-11-3-1-2-4-15(11)16-12/h1-9,16-17H,10H2. The molecule has 3 nitrogen and oxygen atoms in total. The first-order valence-electron chi connectivity index (χ1n) is 5.80. The van der Waals surface area contributed by atoms with Crippen molar-refractivity contribution in [3.8, 4) is 11.5 Å². The van der Waals surface area contributed by atoms with Gasteiger partial charge in [0.25, 0.3) is 0 Å². The molecule has 0 saturated heterocycles. The van der Waals surface area contributed by atoms with Crippen molar-refractivity contribution in [2.24, 2.45) is 0 Å². The molecule has 0 amide bonds. The molecule has 3 heteroatoms. The Morgan fingerprint density at radius 1 is 1.00 bits per heavy atom. The van der Waals surface area contributed by atoms with Crippen LogP contribution in [0.5, 0.6) is 11.5 Å². The first kappa shape index (κ1) is 10.7. The highest BCUT2D eigenvalue weighted by molar-refractivity contribution is 5.80. The number of aromatic hydroxyl groups is 1. The quantitative estimate of drug-likeness (QED) is 0.735. The number of hydrogen-bond donors (Lipinski definition) is 2. The van der Waals surface area contributed by atoms with E-state index < -0.39 is 0 Å². The lowest BCUT2D eigenvalue weighted by Crippen LogP contribution is -1.94. The van der Waals surface area contributed by atoms with E-state index in [0.717, 1.165) is 17.0 Å². The zero-order chi connectivity index (χ0) is 12.4. The molecule has 0 aliphatic carbocycles. The number of H-pyrrole nitrogens is 1. The number of aromatic nitrogens is 1. The summed E-state index contributed by atoms with van der Waals surface area (Å²) in [5, 5.41) is 10.4. The van der Waals surface area contributed by atoms with Crippen LogP contribution in [0.25, 0.3) is 10.9 Å². The monoisotopic (exact) mass is 239 g/mol. The first-order chi connectivity index (χ1) is 8.81. The van der Waals surface area contributed by atoms with Crippen molar-refractivity contribution in [1.82, 2.24) is 4.98 Å². The Bertz CT molecular complexity index is 623. The van der Waals surface area contributed by atoms with Gasteiger partial charge in [-0.1, -0.05) is 18.2 Å². The summed E-state index contributed by atoms with van der Waals surface area (Å²) in [5.74, 6) is 0.986. The molecule has 0 saturated carbocycles. The Kier molecular flexibility index (Phi) is 2.65. The Balaban J connectivity index is 1.74. The van der Waals surface area contributed by atoms with Crippen LogP contribution in [0.15, 0.2) is 54.6 Å². The minimum absolute atomic E-state index is 0.243. The SMILES string of the molecule is Oc1ccc(OCc2cc3ccccc3[nH]2)cc1. The third kappa shape index (κ3) is 2.15. The normalized spacial score (nSPS) is 10.7. The maximum atomic E-state index is 9.18. The van der Waals surface area contributed by atoms with E-state index in [0.29, 0.717) is 6.61 Å². The number of hydrogen-bond acceptors (Lipinski definition) is 2. The van der Waals surface area contributed by atoms with Crippen LogP contribution in [0.1, 0.15) is 5.69 Å². The fourth-order valence-electron chi connectivity index (χ4n) is 1.91. The van der Waals surface area contributed by atoms with Gasteiger partial charge in [0.05, 0.1) is 5.69 Å². The molecule has 0 fully saturated rings. The van der Waals surface area contributed by atoms with E-state index in [-0.39, 0.29) is 5.75 Å². The van der Waals surface area contributed by atoms with Crippen LogP contribution in [0.2, 0.25) is 0 Å². The third-order valence-electron chi connectivity index (χ3n) is 2.82. The number of rotatable bonds is 3. The van der Waals surface area contributed by atoms with Crippen molar-refractivity contribution in [2.75, 3.05) is 0 Å². The van der Waals surface area contributed by atoms with Gasteiger partial charge in [0, 0.05) is 5.52 Å². The van der Waals surface area contributed by atoms with E-state index in [1.54, 1.807) is 24.3 Å². The van der Waals surface area contributed by atoms with Crippen LogP contribution in [0.3, 0.4) is 0 Å². The van der Waals surface area contributed by atoms with Crippen LogP contribution in [0.4, 0.5) is 0 Å². The molecule has 0 spiro atoms. The first-order valence-corrected chi connectivity index (χ1v) is 5.80. The van der Waals surface area contributed by atoms with Crippen molar-refractivity contribution in [3.05, 3.63) is 60.3 Å². The van der Waals surface area contributed by atoms with E-state index in [1.165, 1.54) is 5.39 Å². The van der Waals surface area contributed by atoms with Gasteiger partial charge in [-0.3, -0.25) is 0 Å². The molecule has 0 radical (unpaired) electrons. The maximum Gasteiger partial charge on any atom is 0.128 e. The fourth-order valence-corrected chi connectivity index (χ4v) is 1.91. The van der Waals surface area contributed by atoms with E-state index >= 15 is 0 Å². The minimum Gasteiger partial charge on any atom is -0.508 e. The predicted molar refractivity (Wildman–Crippen MR) is 70.7 cm³/mol. The second-order valence-electron chi connectivity index (χ2n) is 4.16. The van der Waals surface area contributed by atoms with E-state index in [2.05, 4.69) is 17.1 Å². The average molecular weight is 239 g/mol. The minimum atomic E-state index is 0.243. The molecule has 1 heterocycles. The summed E-state index contributed by atoms with van der Waals surface area (Å²) in [7, 11) is 0. The summed E-state index contributed by atoms with van der Waals surface area (Å²) in [6.07, 6.45) is 0. The van der Waals surface area contributed by atoms with Crippen LogP contribution < -0.4 is 4.74 Å². The van der Waals surface area contributed by atoms with E-state index in [1.807, 2.05) is 18.2 Å². The van der Waals surface area contributed by atoms with Gasteiger partial charge in [0.1, 0.15) is 18.1 Å². The third-order valence-corrected chi connectivity index (χ3v) is 2.82. The second kappa shape index (κ2) is 4.45. The highest BCUT2D eigenvalue weighted by atomic mass is 16.5. The molecule has 3 rings (SSSR count). The number of phenols is 1. The van der Waals surface area contributed by atoms with Crippen molar-refractivity contribution in [3.63, 3.8) is 0 Å². The van der Waals surface area contributed by atoms with Gasteiger partial charge in [-0.05, 0) is 41.8 Å². The molecule has 90 valence electrons. The van der Waals surface area contributed by atoms with Crippen LogP contribution in [-0.2, 0) is 6.61 Å². The molecule has 1 aromatic heterocycles. The van der Waals surface area contributed by atoms with Gasteiger partial charge < -0.3 is 14.8 Å². The number of phenolic OH excluding ortho intramolecular Hbond substituents is 1. The van der Waals surface area contributed by atoms with Gasteiger partial charge in [0.15, 0.2) is 0 Å². The van der Waals surface area contributed by atoms with Crippen LogP contribution in [0, 0.1) is 0 Å². The van der Waals surface area contributed by atoms with Crippen LogP contribution in [-0.4, -0.2) is 10.1 Å². The number of benzene rings is 2. The highest BCUT2D eigenvalue weighted by Crippen LogP contribution is 2.19. The molecule has 3 aromatic rings. The predicted octanol–water partition coefficient (Wildman–Crippen LogP) is 3.45. The lowest BCUT2D eigenvalue weighted by molar-refractivity contribution is 0.302. The number of para-hydroxylation sites is 1. The molecule has 0 bridgehead atoms. The summed E-state index contributed by atoms with van der Waals surface area (Å²) in [6.45, 7) is 0.486. The van der Waals surface area contributed by atoms with E-state index in [4.69, 9.17) is 4.74 Å². The molecule has 0 aliphatic heterocycles. The lowest BCUT2D eigenvalue weighted by Gasteiger charge is -2.04. The molecule has 2 N–H and O–H groups in total. The zero-order valence-electron chi connectivity index (χ0n) is 9.76. The van der Waals surface area contributed by atoms with E-state index in [9.17, 15) is 5.11 Å². The molecule has 0 aliphatic rings. The van der Waals surface area contributed by atoms with Crippen molar-refractivity contribution >= 4 is 10.9 Å². The Morgan fingerprint density at radius 3 is 2.56 bits per heavy atom. The highest BCUT2D eigenvalue weighted by Gasteiger charge is 2.01. The largest absolute Gasteiger partial charge is 0.508 e. The van der Waals surface area contributed by atoms with Gasteiger partial charge in [0.2, 0.25) is 0 Å². The summed E-state index contributed by atoms with van der Waals surface area (Å²) >= 11 is 0. The number of aromatic amines is 1. The molecular weight excluding hydrogens is 226 g/mol. The van der Waals surface area contributed by atoms with Gasteiger partial charge >= 0.3 is 0 Å². The average Bonchev–Trinajstić information content (AvgIpc) is 2.81. The maximum absolute atomic E-state index is 9.18.